The molecule has 0 aliphatic carbocycles. The van der Waals surface area contributed by atoms with Gasteiger partial charge in [0.05, 0.1) is 17.5 Å². The molecule has 1 unspecified atom stereocenters. The van der Waals surface area contributed by atoms with Gasteiger partial charge in [-0.2, -0.15) is 0 Å². The predicted molar refractivity (Wildman–Crippen MR) is 143 cm³/mol. The SMILES string of the molecule is COCCOc1ccc(C(=O)NC(=S)N2CCNC(=O)C2CC(=O)OCCOc2ccccc2)cc1Br. The largest absolute Gasteiger partial charge is 0.490 e. The van der Waals surface area contributed by atoms with E-state index in [9.17, 15) is 14.4 Å². The Morgan fingerprint density at radius 3 is 2.59 bits per heavy atom. The number of esters is 1. The molecule has 2 amide bonds. The molecule has 1 aliphatic heterocycles. The van der Waals surface area contributed by atoms with Crippen molar-refractivity contribution in [1.29, 1.82) is 0 Å². The molecule has 2 aromatic carbocycles. The minimum Gasteiger partial charge on any atom is -0.490 e. The number of rotatable bonds is 11. The van der Waals surface area contributed by atoms with Gasteiger partial charge in [0.1, 0.15) is 37.4 Å². The Morgan fingerprint density at radius 1 is 1.11 bits per heavy atom. The molecule has 10 nitrogen and oxygen atoms in total. The molecule has 37 heavy (non-hydrogen) atoms. The minimum absolute atomic E-state index is 0.0311. The number of nitrogens with zero attached hydrogens (tertiary/aromatic N) is 1. The van der Waals surface area contributed by atoms with Crippen molar-refractivity contribution in [2.75, 3.05) is 46.6 Å². The fraction of sp³-hybridized carbons (Fsp3) is 0.360. The van der Waals surface area contributed by atoms with E-state index in [1.807, 2.05) is 18.2 Å². The average molecular weight is 594 g/mol. The second-order valence-corrected chi connectivity index (χ2v) is 9.07. The van der Waals surface area contributed by atoms with Gasteiger partial charge in [0.15, 0.2) is 5.11 Å². The highest BCUT2D eigenvalue weighted by Gasteiger charge is 2.34. The van der Waals surface area contributed by atoms with Crippen molar-refractivity contribution in [3.63, 3.8) is 0 Å². The van der Waals surface area contributed by atoms with Crippen LogP contribution in [-0.2, 0) is 19.1 Å². The van der Waals surface area contributed by atoms with Gasteiger partial charge in [-0.15, -0.1) is 0 Å². The van der Waals surface area contributed by atoms with E-state index in [2.05, 4.69) is 26.6 Å². The number of para-hydroxylation sites is 1. The maximum Gasteiger partial charge on any atom is 0.308 e. The normalized spacial score (nSPS) is 14.9. The fourth-order valence-corrected chi connectivity index (χ4v) is 4.25. The van der Waals surface area contributed by atoms with E-state index in [4.69, 9.17) is 31.2 Å². The van der Waals surface area contributed by atoms with Crippen LogP contribution in [0.5, 0.6) is 11.5 Å². The molecule has 1 saturated heterocycles. The van der Waals surface area contributed by atoms with Crippen LogP contribution in [0.25, 0.3) is 0 Å². The first-order chi connectivity index (χ1) is 17.9. The monoisotopic (exact) mass is 593 g/mol. The number of methoxy groups -OCH3 is 1. The van der Waals surface area contributed by atoms with Crippen LogP contribution in [0.2, 0.25) is 0 Å². The molecule has 0 radical (unpaired) electrons. The summed E-state index contributed by atoms with van der Waals surface area (Å²) in [5.74, 6) is -0.180. The number of hydrogen-bond donors (Lipinski definition) is 2. The van der Waals surface area contributed by atoms with Crippen molar-refractivity contribution in [2.24, 2.45) is 0 Å². The predicted octanol–water partition coefficient (Wildman–Crippen LogP) is 2.30. The molecule has 0 bridgehead atoms. The summed E-state index contributed by atoms with van der Waals surface area (Å²) in [5, 5.41) is 5.40. The smallest absolute Gasteiger partial charge is 0.308 e. The molecule has 3 rings (SSSR count). The highest BCUT2D eigenvalue weighted by Crippen LogP contribution is 2.26. The van der Waals surface area contributed by atoms with Gasteiger partial charge >= 0.3 is 5.97 Å². The summed E-state index contributed by atoms with van der Waals surface area (Å²) in [4.78, 5) is 39.3. The third-order valence-electron chi connectivity index (χ3n) is 5.27. The van der Waals surface area contributed by atoms with Crippen LogP contribution in [-0.4, -0.2) is 80.5 Å². The van der Waals surface area contributed by atoms with E-state index in [0.717, 1.165) is 0 Å². The number of halogens is 1. The molecule has 0 aromatic heterocycles. The first-order valence-corrected chi connectivity index (χ1v) is 12.7. The highest BCUT2D eigenvalue weighted by molar-refractivity contribution is 9.10. The molecule has 198 valence electrons. The van der Waals surface area contributed by atoms with Crippen LogP contribution in [0, 0.1) is 0 Å². The van der Waals surface area contributed by atoms with Crippen molar-refractivity contribution < 1.29 is 33.3 Å². The number of piperazine rings is 1. The molecule has 1 atom stereocenters. The van der Waals surface area contributed by atoms with Gasteiger partial charge < -0.3 is 29.2 Å². The summed E-state index contributed by atoms with van der Waals surface area (Å²) < 4.78 is 21.9. The lowest BCUT2D eigenvalue weighted by Gasteiger charge is -2.36. The van der Waals surface area contributed by atoms with E-state index >= 15 is 0 Å². The molecular formula is C25H28BrN3O7S. The highest BCUT2D eigenvalue weighted by atomic mass is 79.9. The summed E-state index contributed by atoms with van der Waals surface area (Å²) >= 11 is 8.81. The molecule has 0 spiro atoms. The van der Waals surface area contributed by atoms with Gasteiger partial charge in [0.2, 0.25) is 5.91 Å². The molecule has 1 fully saturated rings. The maximum absolute atomic E-state index is 12.8. The lowest BCUT2D eigenvalue weighted by atomic mass is 10.1. The Hall–Kier alpha value is -3.22. The quantitative estimate of drug-likeness (QED) is 0.230. The topological polar surface area (TPSA) is 115 Å². The molecule has 1 aliphatic rings. The first kappa shape index (κ1) is 28.4. The number of carbonyl (C=O) groups excluding carboxylic acids is 3. The van der Waals surface area contributed by atoms with Crippen molar-refractivity contribution >= 4 is 51.0 Å². The molecule has 1 heterocycles. The van der Waals surface area contributed by atoms with Crippen LogP contribution < -0.4 is 20.1 Å². The Kier molecular flexibility index (Phi) is 11.1. The van der Waals surface area contributed by atoms with Crippen LogP contribution in [0.4, 0.5) is 0 Å². The van der Waals surface area contributed by atoms with Crippen molar-refractivity contribution in [1.82, 2.24) is 15.5 Å². The zero-order valence-electron chi connectivity index (χ0n) is 20.2. The van der Waals surface area contributed by atoms with Gasteiger partial charge in [-0.25, -0.2) is 0 Å². The molecular weight excluding hydrogens is 566 g/mol. The van der Waals surface area contributed by atoms with Gasteiger partial charge in [0.25, 0.3) is 5.91 Å². The number of ether oxygens (including phenoxy) is 4. The fourth-order valence-electron chi connectivity index (χ4n) is 3.44. The number of nitrogens with one attached hydrogen (secondary N) is 2. The minimum atomic E-state index is -0.910. The van der Waals surface area contributed by atoms with Gasteiger partial charge in [-0.1, -0.05) is 18.2 Å². The Bertz CT molecular complexity index is 1100. The Morgan fingerprint density at radius 2 is 1.86 bits per heavy atom. The van der Waals surface area contributed by atoms with E-state index in [1.165, 1.54) is 4.90 Å². The summed E-state index contributed by atoms with van der Waals surface area (Å²) in [7, 11) is 1.58. The second-order valence-electron chi connectivity index (χ2n) is 7.83. The Labute approximate surface area is 228 Å². The Balaban J connectivity index is 1.53. The third-order valence-corrected chi connectivity index (χ3v) is 6.23. The number of hydrogen-bond acceptors (Lipinski definition) is 8. The third kappa shape index (κ3) is 8.69. The lowest BCUT2D eigenvalue weighted by Crippen LogP contribution is -2.60. The van der Waals surface area contributed by atoms with Gasteiger partial charge in [0, 0.05) is 25.8 Å². The summed E-state index contributed by atoms with van der Waals surface area (Å²) in [6.07, 6.45) is -0.230. The van der Waals surface area contributed by atoms with Gasteiger partial charge in [-0.3, -0.25) is 19.7 Å². The summed E-state index contributed by atoms with van der Waals surface area (Å²) in [6.45, 7) is 1.66. The lowest BCUT2D eigenvalue weighted by molar-refractivity contribution is -0.148. The molecule has 0 saturated carbocycles. The van der Waals surface area contributed by atoms with E-state index in [0.29, 0.717) is 47.8 Å². The van der Waals surface area contributed by atoms with E-state index < -0.39 is 17.9 Å². The molecule has 12 heteroatoms. The van der Waals surface area contributed by atoms with E-state index in [-0.39, 0.29) is 30.7 Å². The molecule has 2 N–H and O–H groups in total. The average Bonchev–Trinajstić information content (AvgIpc) is 2.89. The van der Waals surface area contributed by atoms with Crippen LogP contribution in [0.15, 0.2) is 53.0 Å². The molecule has 2 aromatic rings. The first-order valence-electron chi connectivity index (χ1n) is 11.5. The number of carbonyl (C=O) groups is 3. The van der Waals surface area contributed by atoms with E-state index in [1.54, 1.807) is 37.4 Å². The van der Waals surface area contributed by atoms with Crippen LogP contribution in [0.1, 0.15) is 16.8 Å². The van der Waals surface area contributed by atoms with Crippen molar-refractivity contribution in [3.05, 3.63) is 58.6 Å². The van der Waals surface area contributed by atoms with Crippen LogP contribution >= 0.6 is 28.1 Å². The van der Waals surface area contributed by atoms with Crippen molar-refractivity contribution in [3.8, 4) is 11.5 Å². The zero-order valence-corrected chi connectivity index (χ0v) is 22.6. The van der Waals surface area contributed by atoms with Crippen LogP contribution in [0.3, 0.4) is 0 Å². The van der Waals surface area contributed by atoms with Gasteiger partial charge in [-0.05, 0) is 58.5 Å². The van der Waals surface area contributed by atoms with Crippen molar-refractivity contribution in [2.45, 2.75) is 12.5 Å². The second kappa shape index (κ2) is 14.5. The number of benzene rings is 2. The number of thiocarbonyl (C=S) groups is 1. The number of amides is 2. The summed E-state index contributed by atoms with van der Waals surface area (Å²) in [5.41, 5.74) is 0.337. The zero-order chi connectivity index (χ0) is 26.6. The summed E-state index contributed by atoms with van der Waals surface area (Å²) in [6, 6.07) is 13.1. The maximum atomic E-state index is 12.8. The standard InChI is InChI=1S/C25H28BrN3O7S/c1-33-11-12-35-21-8-7-17(15-19(21)26)23(31)28-25(37)29-10-9-27-24(32)20(29)16-22(30)36-14-13-34-18-5-3-2-4-6-18/h2-8,15,20H,9-14,16H2,1H3,(H,27,32)(H,28,31,37).